The predicted molar refractivity (Wildman–Crippen MR) is 49.9 cm³/mol. The number of ether oxygens (including phenoxy) is 1. The zero-order chi connectivity index (χ0) is 10.8. The van der Waals surface area contributed by atoms with E-state index in [0.717, 1.165) is 0 Å². The van der Waals surface area contributed by atoms with Crippen LogP contribution in [0.15, 0.2) is 22.7 Å². The molecule has 0 spiro atoms. The van der Waals surface area contributed by atoms with E-state index in [1.165, 1.54) is 12.1 Å². The number of aromatic nitrogens is 1. The Morgan fingerprint density at radius 2 is 2.40 bits per heavy atom. The van der Waals surface area contributed by atoms with Crippen molar-refractivity contribution < 1.29 is 18.4 Å². The summed E-state index contributed by atoms with van der Waals surface area (Å²) < 4.78 is 22.6. The maximum Gasteiger partial charge on any atom is 0.361 e. The van der Waals surface area contributed by atoms with Crippen molar-refractivity contribution in [3.63, 3.8) is 0 Å². The summed E-state index contributed by atoms with van der Waals surface area (Å²) in [5.41, 5.74) is -0.0214. The Morgan fingerprint density at radius 3 is 3.13 bits per heavy atom. The van der Waals surface area contributed by atoms with Gasteiger partial charge in [-0.1, -0.05) is 11.2 Å². The molecule has 0 unspecified atom stereocenters. The second-order valence-corrected chi connectivity index (χ2v) is 2.87. The number of para-hydroxylation sites is 1. The summed E-state index contributed by atoms with van der Waals surface area (Å²) in [6, 6.07) is 4.28. The summed E-state index contributed by atoms with van der Waals surface area (Å²) in [6.07, 6.45) is 0. The van der Waals surface area contributed by atoms with E-state index in [9.17, 15) is 9.18 Å². The average Bonchev–Trinajstić information content (AvgIpc) is 2.63. The Kier molecular flexibility index (Phi) is 2.37. The molecule has 2 rings (SSSR count). The number of benzene rings is 1. The highest BCUT2D eigenvalue weighted by Crippen LogP contribution is 2.21. The van der Waals surface area contributed by atoms with Crippen LogP contribution in [-0.4, -0.2) is 17.7 Å². The number of halogens is 1. The van der Waals surface area contributed by atoms with E-state index in [2.05, 4.69) is 5.16 Å². The van der Waals surface area contributed by atoms with E-state index in [-0.39, 0.29) is 17.9 Å². The fourth-order valence-corrected chi connectivity index (χ4v) is 1.28. The quantitative estimate of drug-likeness (QED) is 0.711. The van der Waals surface area contributed by atoms with Crippen LogP contribution < -0.4 is 0 Å². The van der Waals surface area contributed by atoms with Crippen molar-refractivity contribution in [3.05, 3.63) is 29.7 Å². The van der Waals surface area contributed by atoms with Crippen LogP contribution in [0.5, 0.6) is 0 Å². The Hall–Kier alpha value is -1.91. The maximum absolute atomic E-state index is 13.2. The Labute approximate surface area is 84.6 Å². The van der Waals surface area contributed by atoms with Gasteiger partial charge in [0.2, 0.25) is 5.58 Å². The molecule has 0 bridgehead atoms. The minimum atomic E-state index is -0.609. The molecule has 4 nitrogen and oxygen atoms in total. The summed E-state index contributed by atoms with van der Waals surface area (Å²) in [5, 5.41) is 3.81. The first-order valence-electron chi connectivity index (χ1n) is 4.45. The molecule has 5 heteroatoms. The van der Waals surface area contributed by atoms with Gasteiger partial charge in [-0.3, -0.25) is 0 Å². The normalized spacial score (nSPS) is 10.5. The lowest BCUT2D eigenvalue weighted by atomic mass is 10.2. The smallest absolute Gasteiger partial charge is 0.361 e. The number of nitrogens with zero attached hydrogens (tertiary/aromatic N) is 1. The molecule has 0 amide bonds. The lowest BCUT2D eigenvalue weighted by molar-refractivity contribution is 0.0517. The molecule has 15 heavy (non-hydrogen) atoms. The van der Waals surface area contributed by atoms with Gasteiger partial charge in [0.15, 0.2) is 11.5 Å². The van der Waals surface area contributed by atoms with Gasteiger partial charge in [0.25, 0.3) is 0 Å². The van der Waals surface area contributed by atoms with Crippen molar-refractivity contribution in [3.8, 4) is 0 Å². The summed E-state index contributed by atoms with van der Waals surface area (Å²) in [7, 11) is 0. The molecule has 0 radical (unpaired) electrons. The molecule has 78 valence electrons. The van der Waals surface area contributed by atoms with Crippen LogP contribution >= 0.6 is 0 Å². The van der Waals surface area contributed by atoms with Crippen molar-refractivity contribution in [2.75, 3.05) is 6.61 Å². The third-order valence-corrected chi connectivity index (χ3v) is 1.92. The molecule has 0 saturated carbocycles. The molecule has 0 aliphatic rings. The lowest BCUT2D eigenvalue weighted by Crippen LogP contribution is -2.05. The van der Waals surface area contributed by atoms with Gasteiger partial charge in [-0.25, -0.2) is 9.18 Å². The number of fused-ring (bicyclic) bond motifs is 1. The van der Waals surface area contributed by atoms with Crippen LogP contribution in [0.2, 0.25) is 0 Å². The topological polar surface area (TPSA) is 52.3 Å². The molecule has 0 atom stereocenters. The SMILES string of the molecule is CCOC(=O)c1noc2c(F)cccc12. The molecule has 1 heterocycles. The highest BCUT2D eigenvalue weighted by atomic mass is 19.1. The standard InChI is InChI=1S/C10H8FNO3/c1-2-14-10(13)8-6-4-3-5-7(11)9(6)15-12-8/h3-5H,2H2,1H3. The van der Waals surface area contributed by atoms with Gasteiger partial charge >= 0.3 is 5.97 Å². The Morgan fingerprint density at radius 1 is 1.60 bits per heavy atom. The number of carbonyl (C=O) groups excluding carboxylic acids is 1. The second-order valence-electron chi connectivity index (χ2n) is 2.87. The molecule has 0 N–H and O–H groups in total. The summed E-state index contributed by atoms with van der Waals surface area (Å²) in [4.78, 5) is 11.4. The number of carbonyl (C=O) groups is 1. The van der Waals surface area contributed by atoms with Gasteiger partial charge < -0.3 is 9.26 Å². The van der Waals surface area contributed by atoms with E-state index >= 15 is 0 Å². The number of esters is 1. The minimum Gasteiger partial charge on any atom is -0.461 e. The first kappa shape index (κ1) is 9.64. The molecular formula is C10H8FNO3. The zero-order valence-corrected chi connectivity index (χ0v) is 7.99. The minimum absolute atomic E-state index is 0.00588. The fraction of sp³-hybridized carbons (Fsp3) is 0.200. The average molecular weight is 209 g/mol. The third kappa shape index (κ3) is 1.56. The maximum atomic E-state index is 13.2. The largest absolute Gasteiger partial charge is 0.461 e. The van der Waals surface area contributed by atoms with Crippen molar-refractivity contribution in [2.45, 2.75) is 6.92 Å². The van der Waals surface area contributed by atoms with Crippen molar-refractivity contribution in [1.29, 1.82) is 0 Å². The number of hydrogen-bond donors (Lipinski definition) is 0. The van der Waals surface area contributed by atoms with Gasteiger partial charge in [0.1, 0.15) is 0 Å². The van der Waals surface area contributed by atoms with Gasteiger partial charge in [-0.05, 0) is 19.1 Å². The van der Waals surface area contributed by atoms with E-state index in [1.54, 1.807) is 13.0 Å². The number of rotatable bonds is 2. The third-order valence-electron chi connectivity index (χ3n) is 1.92. The molecular weight excluding hydrogens is 201 g/mol. The molecule has 0 aliphatic heterocycles. The molecule has 0 aliphatic carbocycles. The van der Waals surface area contributed by atoms with E-state index in [0.29, 0.717) is 5.39 Å². The van der Waals surface area contributed by atoms with Crippen LogP contribution in [0.1, 0.15) is 17.4 Å². The first-order chi connectivity index (χ1) is 7.24. The highest BCUT2D eigenvalue weighted by molar-refractivity contribution is 6.01. The van der Waals surface area contributed by atoms with Crippen LogP contribution in [0, 0.1) is 5.82 Å². The van der Waals surface area contributed by atoms with Gasteiger partial charge in [0.05, 0.1) is 12.0 Å². The van der Waals surface area contributed by atoms with Crippen molar-refractivity contribution in [2.24, 2.45) is 0 Å². The fourth-order valence-electron chi connectivity index (χ4n) is 1.28. The molecule has 1 aromatic carbocycles. The van der Waals surface area contributed by atoms with Crippen LogP contribution in [0.3, 0.4) is 0 Å². The first-order valence-corrected chi connectivity index (χ1v) is 4.45. The highest BCUT2D eigenvalue weighted by Gasteiger charge is 2.18. The van der Waals surface area contributed by atoms with Gasteiger partial charge in [-0.2, -0.15) is 0 Å². The van der Waals surface area contributed by atoms with E-state index < -0.39 is 11.8 Å². The molecule has 0 fully saturated rings. The summed E-state index contributed by atoms with van der Waals surface area (Å²) in [5.74, 6) is -1.16. The molecule has 2 aromatic rings. The van der Waals surface area contributed by atoms with Crippen molar-refractivity contribution in [1.82, 2.24) is 5.16 Å². The van der Waals surface area contributed by atoms with E-state index in [4.69, 9.17) is 9.26 Å². The zero-order valence-electron chi connectivity index (χ0n) is 7.99. The lowest BCUT2D eigenvalue weighted by Gasteiger charge is -1.96. The van der Waals surface area contributed by atoms with Crippen LogP contribution in [0.4, 0.5) is 4.39 Å². The Balaban J connectivity index is 2.54. The molecule has 1 aromatic heterocycles. The van der Waals surface area contributed by atoms with E-state index in [1.807, 2.05) is 0 Å². The van der Waals surface area contributed by atoms with Crippen LogP contribution in [0.25, 0.3) is 11.0 Å². The summed E-state index contributed by atoms with van der Waals surface area (Å²) in [6.45, 7) is 1.92. The van der Waals surface area contributed by atoms with Gasteiger partial charge in [-0.15, -0.1) is 0 Å². The Bertz CT molecular complexity index is 506. The van der Waals surface area contributed by atoms with Crippen LogP contribution in [-0.2, 0) is 4.74 Å². The summed E-state index contributed by atoms with van der Waals surface area (Å²) >= 11 is 0. The number of hydrogen-bond acceptors (Lipinski definition) is 4. The van der Waals surface area contributed by atoms with Crippen molar-refractivity contribution >= 4 is 16.9 Å². The predicted octanol–water partition coefficient (Wildman–Crippen LogP) is 2.14. The second kappa shape index (κ2) is 3.68. The van der Waals surface area contributed by atoms with Gasteiger partial charge in [0, 0.05) is 0 Å². The molecule has 0 saturated heterocycles. The monoisotopic (exact) mass is 209 g/mol.